The van der Waals surface area contributed by atoms with Crippen molar-refractivity contribution in [3.8, 4) is 5.75 Å². The van der Waals surface area contributed by atoms with Crippen LogP contribution in [-0.2, 0) is 11.3 Å². The van der Waals surface area contributed by atoms with Crippen LogP contribution in [0.2, 0.25) is 0 Å². The summed E-state index contributed by atoms with van der Waals surface area (Å²) in [5, 5.41) is 5.10. The molecule has 0 unspecified atom stereocenters. The first kappa shape index (κ1) is 17.8. The second-order valence-electron chi connectivity index (χ2n) is 6.36. The van der Waals surface area contributed by atoms with Crippen molar-refractivity contribution >= 4 is 22.9 Å². The van der Waals surface area contributed by atoms with E-state index in [1.54, 1.807) is 18.4 Å². The maximum atomic E-state index is 12.4. The third-order valence-corrected chi connectivity index (χ3v) is 5.74. The van der Waals surface area contributed by atoms with Gasteiger partial charge in [0, 0.05) is 10.6 Å². The van der Waals surface area contributed by atoms with Crippen molar-refractivity contribution in [3.63, 3.8) is 0 Å². The summed E-state index contributed by atoms with van der Waals surface area (Å²) in [6.07, 6.45) is 0. The van der Waals surface area contributed by atoms with Crippen molar-refractivity contribution in [2.24, 2.45) is 0 Å². The molecular formula is C19H26N3O2S+. The zero-order valence-electron chi connectivity index (χ0n) is 14.8. The maximum absolute atomic E-state index is 12.4. The fourth-order valence-electron chi connectivity index (χ4n) is 3.20. The Morgan fingerprint density at radius 3 is 2.60 bits per heavy atom. The van der Waals surface area contributed by atoms with E-state index in [2.05, 4.69) is 28.4 Å². The molecule has 5 nitrogen and oxygen atoms in total. The Bertz CT molecular complexity index is 664. The number of carbonyl (C=O) groups is 1. The third-order valence-electron chi connectivity index (χ3n) is 4.87. The van der Waals surface area contributed by atoms with Gasteiger partial charge in [-0.05, 0) is 42.6 Å². The molecule has 1 aliphatic rings. The first-order chi connectivity index (χ1) is 12.2. The Hall–Kier alpha value is -2.05. The highest BCUT2D eigenvalue weighted by molar-refractivity contribution is 7.09. The Morgan fingerprint density at radius 1 is 1.28 bits per heavy atom. The van der Waals surface area contributed by atoms with Gasteiger partial charge in [-0.25, -0.2) is 0 Å². The Balaban J connectivity index is 1.48. The van der Waals surface area contributed by atoms with Crippen molar-refractivity contribution < 1.29 is 14.4 Å². The van der Waals surface area contributed by atoms with Crippen LogP contribution in [0.5, 0.6) is 5.75 Å². The molecule has 25 heavy (non-hydrogen) atoms. The topological polar surface area (TPSA) is 46.0 Å². The van der Waals surface area contributed by atoms with Gasteiger partial charge in [0.15, 0.2) is 6.04 Å². The predicted octanol–water partition coefficient (Wildman–Crippen LogP) is 1.17. The maximum Gasteiger partial charge on any atom is 0.278 e. The lowest BCUT2D eigenvalue weighted by Crippen LogP contribution is -3.19. The van der Waals surface area contributed by atoms with E-state index in [9.17, 15) is 4.79 Å². The average molecular weight is 361 g/mol. The van der Waals surface area contributed by atoms with Crippen LogP contribution < -0.4 is 19.9 Å². The van der Waals surface area contributed by atoms with Crippen LogP contribution in [0.3, 0.4) is 0 Å². The van der Waals surface area contributed by atoms with E-state index < -0.39 is 0 Å². The van der Waals surface area contributed by atoms with E-state index >= 15 is 0 Å². The molecule has 1 aromatic carbocycles. The molecule has 1 saturated heterocycles. The lowest BCUT2D eigenvalue weighted by Gasteiger charge is -2.36. The van der Waals surface area contributed by atoms with Crippen molar-refractivity contribution in [3.05, 3.63) is 46.7 Å². The second-order valence-corrected chi connectivity index (χ2v) is 7.39. The molecular weight excluding hydrogens is 334 g/mol. The summed E-state index contributed by atoms with van der Waals surface area (Å²) in [4.78, 5) is 17.3. The highest BCUT2D eigenvalue weighted by Gasteiger charge is 2.29. The summed E-state index contributed by atoms with van der Waals surface area (Å²) in [6, 6.07) is 12.2. The molecule has 0 spiro atoms. The number of rotatable bonds is 6. The molecule has 0 aliphatic carbocycles. The molecule has 1 fully saturated rings. The summed E-state index contributed by atoms with van der Waals surface area (Å²) in [6.45, 7) is 6.53. The Morgan fingerprint density at radius 2 is 2.00 bits per heavy atom. The highest BCUT2D eigenvalue weighted by Crippen LogP contribution is 2.19. The monoisotopic (exact) mass is 360 g/mol. The van der Waals surface area contributed by atoms with Gasteiger partial charge in [-0.15, -0.1) is 11.3 Å². The molecule has 0 radical (unpaired) electrons. The molecule has 2 aromatic rings. The van der Waals surface area contributed by atoms with Crippen molar-refractivity contribution in [2.45, 2.75) is 19.5 Å². The van der Waals surface area contributed by atoms with Gasteiger partial charge in [-0.2, -0.15) is 0 Å². The van der Waals surface area contributed by atoms with E-state index in [1.807, 2.05) is 30.5 Å². The zero-order valence-corrected chi connectivity index (χ0v) is 15.6. The van der Waals surface area contributed by atoms with Crippen LogP contribution in [-0.4, -0.2) is 45.2 Å². The van der Waals surface area contributed by atoms with E-state index in [4.69, 9.17) is 4.74 Å². The summed E-state index contributed by atoms with van der Waals surface area (Å²) in [5.41, 5.74) is 1.22. The number of nitrogens with zero attached hydrogens (tertiary/aromatic N) is 1. The van der Waals surface area contributed by atoms with Gasteiger partial charge in [0.2, 0.25) is 0 Å². The number of benzene rings is 1. The number of amides is 1. The summed E-state index contributed by atoms with van der Waals surface area (Å²) >= 11 is 1.68. The molecule has 0 saturated carbocycles. The molecule has 2 N–H and O–H groups in total. The minimum absolute atomic E-state index is 0.0158. The van der Waals surface area contributed by atoms with Crippen molar-refractivity contribution in [1.29, 1.82) is 0 Å². The molecule has 1 aromatic heterocycles. The van der Waals surface area contributed by atoms with E-state index in [0.717, 1.165) is 31.9 Å². The number of hydrogen-bond acceptors (Lipinski definition) is 4. The molecule has 0 bridgehead atoms. The molecule has 6 heteroatoms. The minimum atomic E-state index is -0.0158. The average Bonchev–Trinajstić information content (AvgIpc) is 3.19. The predicted molar refractivity (Wildman–Crippen MR) is 102 cm³/mol. The number of anilines is 1. The first-order valence-electron chi connectivity index (χ1n) is 8.71. The number of nitrogens with one attached hydrogen (secondary N) is 2. The van der Waals surface area contributed by atoms with E-state index in [0.29, 0.717) is 6.54 Å². The Kier molecular flexibility index (Phi) is 5.94. The number of quaternary nitrogens is 1. The van der Waals surface area contributed by atoms with Crippen LogP contribution in [0, 0.1) is 0 Å². The summed E-state index contributed by atoms with van der Waals surface area (Å²) in [5.74, 6) is 1.02. The van der Waals surface area contributed by atoms with E-state index in [-0.39, 0.29) is 11.9 Å². The Labute approximate surface area is 153 Å². The lowest BCUT2D eigenvalue weighted by molar-refractivity contribution is -0.914. The van der Waals surface area contributed by atoms with Crippen LogP contribution in [0.25, 0.3) is 0 Å². The van der Waals surface area contributed by atoms with Crippen molar-refractivity contribution in [2.75, 3.05) is 38.2 Å². The van der Waals surface area contributed by atoms with Gasteiger partial charge in [0.1, 0.15) is 5.75 Å². The molecule has 1 amide bonds. The number of carbonyl (C=O) groups excluding carboxylic acids is 1. The standard InChI is InChI=1S/C19H25N3O2S/c1-15(19(23)20-14-18-4-3-13-25-18)21-9-11-22(12-10-21)16-5-7-17(24-2)8-6-16/h3-8,13,15H,9-12,14H2,1-2H3,(H,20,23)/p+1/t15-/m0/s1. The summed E-state index contributed by atoms with van der Waals surface area (Å²) in [7, 11) is 1.68. The molecule has 1 atom stereocenters. The molecule has 2 heterocycles. The SMILES string of the molecule is COc1ccc(N2CC[NH+]([C@@H](C)C(=O)NCc3cccs3)CC2)cc1. The normalized spacial score (nSPS) is 16.5. The van der Waals surface area contributed by atoms with Gasteiger partial charge in [-0.3, -0.25) is 4.79 Å². The fraction of sp³-hybridized carbons (Fsp3) is 0.421. The molecule has 1 aliphatic heterocycles. The zero-order chi connectivity index (χ0) is 17.6. The molecule has 134 valence electrons. The summed E-state index contributed by atoms with van der Waals surface area (Å²) < 4.78 is 5.21. The number of ether oxygens (including phenoxy) is 1. The molecule has 3 rings (SSSR count). The minimum Gasteiger partial charge on any atom is -0.497 e. The van der Waals surface area contributed by atoms with Gasteiger partial charge >= 0.3 is 0 Å². The number of thiophene rings is 1. The van der Waals surface area contributed by atoms with E-state index in [1.165, 1.54) is 15.5 Å². The van der Waals surface area contributed by atoms with Crippen LogP contribution in [0.4, 0.5) is 5.69 Å². The van der Waals surface area contributed by atoms with Crippen molar-refractivity contribution in [1.82, 2.24) is 5.32 Å². The van der Waals surface area contributed by atoms with Gasteiger partial charge in [-0.1, -0.05) is 6.07 Å². The third kappa shape index (κ3) is 4.52. The largest absolute Gasteiger partial charge is 0.497 e. The quantitative estimate of drug-likeness (QED) is 0.813. The van der Waals surface area contributed by atoms with Gasteiger partial charge in [0.25, 0.3) is 5.91 Å². The second kappa shape index (κ2) is 8.36. The first-order valence-corrected chi connectivity index (χ1v) is 9.59. The number of methoxy groups -OCH3 is 1. The fourth-order valence-corrected chi connectivity index (χ4v) is 3.85. The van der Waals surface area contributed by atoms with Crippen LogP contribution >= 0.6 is 11.3 Å². The van der Waals surface area contributed by atoms with Crippen LogP contribution in [0.15, 0.2) is 41.8 Å². The van der Waals surface area contributed by atoms with Gasteiger partial charge < -0.3 is 19.9 Å². The number of hydrogen-bond donors (Lipinski definition) is 2. The van der Waals surface area contributed by atoms with Gasteiger partial charge in [0.05, 0.1) is 39.8 Å². The number of piperazine rings is 1. The highest BCUT2D eigenvalue weighted by atomic mass is 32.1. The lowest BCUT2D eigenvalue weighted by atomic mass is 10.2. The smallest absolute Gasteiger partial charge is 0.278 e. The van der Waals surface area contributed by atoms with Crippen LogP contribution in [0.1, 0.15) is 11.8 Å².